The Balaban J connectivity index is 2.34. The summed E-state index contributed by atoms with van der Waals surface area (Å²) in [6.45, 7) is 0. The second-order valence-corrected chi connectivity index (χ2v) is 4.87. The van der Waals surface area contributed by atoms with Gasteiger partial charge >= 0.3 is 0 Å². The van der Waals surface area contributed by atoms with E-state index in [9.17, 15) is 0 Å². The Bertz CT molecular complexity index is 584. The van der Waals surface area contributed by atoms with Crippen molar-refractivity contribution in [3.63, 3.8) is 0 Å². The standard InChI is InChI=1S/C13H9Cl2NOS/c14-8-1-4-10(5-2-8)17-12-6-3-9(15)7-11(12)13(16)18/h1-7H,(H2,16,18). The fraction of sp³-hybridized carbons (Fsp3) is 0. The number of benzene rings is 2. The molecule has 2 aromatic carbocycles. The Morgan fingerprint density at radius 2 is 1.61 bits per heavy atom. The highest BCUT2D eigenvalue weighted by Gasteiger charge is 2.08. The van der Waals surface area contributed by atoms with Gasteiger partial charge in [0.25, 0.3) is 0 Å². The van der Waals surface area contributed by atoms with Crippen molar-refractivity contribution in [1.82, 2.24) is 0 Å². The fourth-order valence-corrected chi connectivity index (χ4v) is 1.87. The van der Waals surface area contributed by atoms with Crippen LogP contribution in [0.1, 0.15) is 5.56 Å². The van der Waals surface area contributed by atoms with Crippen LogP contribution < -0.4 is 10.5 Å². The molecule has 0 aliphatic rings. The molecule has 0 aliphatic carbocycles. The molecule has 0 amide bonds. The molecule has 0 saturated carbocycles. The quantitative estimate of drug-likeness (QED) is 0.852. The molecule has 0 radical (unpaired) electrons. The van der Waals surface area contributed by atoms with Crippen LogP contribution in [0, 0.1) is 0 Å². The summed E-state index contributed by atoms with van der Waals surface area (Å²) in [5, 5.41) is 1.20. The molecule has 0 bridgehead atoms. The Kier molecular flexibility index (Phi) is 4.07. The zero-order chi connectivity index (χ0) is 13.1. The van der Waals surface area contributed by atoms with Gasteiger partial charge in [-0.05, 0) is 42.5 Å². The van der Waals surface area contributed by atoms with E-state index in [-0.39, 0.29) is 4.99 Å². The molecule has 5 heteroatoms. The van der Waals surface area contributed by atoms with Crippen LogP contribution in [0.3, 0.4) is 0 Å². The van der Waals surface area contributed by atoms with Gasteiger partial charge in [0.05, 0.1) is 5.56 Å². The monoisotopic (exact) mass is 297 g/mol. The minimum Gasteiger partial charge on any atom is -0.457 e. The van der Waals surface area contributed by atoms with Gasteiger partial charge in [-0.2, -0.15) is 0 Å². The van der Waals surface area contributed by atoms with Crippen LogP contribution in [-0.2, 0) is 0 Å². The second-order valence-electron chi connectivity index (χ2n) is 3.56. The van der Waals surface area contributed by atoms with Gasteiger partial charge in [-0.1, -0.05) is 35.4 Å². The molecule has 0 heterocycles. The largest absolute Gasteiger partial charge is 0.457 e. The van der Waals surface area contributed by atoms with E-state index in [2.05, 4.69) is 0 Å². The molecule has 2 nitrogen and oxygen atoms in total. The zero-order valence-electron chi connectivity index (χ0n) is 9.19. The highest BCUT2D eigenvalue weighted by molar-refractivity contribution is 7.80. The van der Waals surface area contributed by atoms with Gasteiger partial charge in [-0.25, -0.2) is 0 Å². The number of halogens is 2. The smallest absolute Gasteiger partial charge is 0.137 e. The molecule has 92 valence electrons. The van der Waals surface area contributed by atoms with Crippen molar-refractivity contribution < 1.29 is 4.74 Å². The lowest BCUT2D eigenvalue weighted by Gasteiger charge is -2.10. The van der Waals surface area contributed by atoms with Gasteiger partial charge in [-0.15, -0.1) is 0 Å². The van der Waals surface area contributed by atoms with E-state index in [0.29, 0.717) is 27.1 Å². The molecule has 2 rings (SSSR count). The first kappa shape index (κ1) is 13.1. The highest BCUT2D eigenvalue weighted by Crippen LogP contribution is 2.28. The summed E-state index contributed by atoms with van der Waals surface area (Å²) in [6, 6.07) is 12.1. The lowest BCUT2D eigenvalue weighted by molar-refractivity contribution is 0.482. The minimum atomic E-state index is 0.237. The second kappa shape index (κ2) is 5.57. The Morgan fingerprint density at radius 3 is 2.22 bits per heavy atom. The molecule has 2 aromatic rings. The predicted octanol–water partition coefficient (Wildman–Crippen LogP) is 4.42. The average Bonchev–Trinajstić information content (AvgIpc) is 2.34. The van der Waals surface area contributed by atoms with Crippen molar-refractivity contribution in [3.05, 3.63) is 58.1 Å². The SMILES string of the molecule is NC(=S)c1cc(Cl)ccc1Oc1ccc(Cl)cc1. The van der Waals surface area contributed by atoms with Crippen LogP contribution in [-0.4, -0.2) is 4.99 Å². The number of rotatable bonds is 3. The van der Waals surface area contributed by atoms with Crippen molar-refractivity contribution in [2.45, 2.75) is 0 Å². The first-order valence-corrected chi connectivity index (χ1v) is 6.25. The van der Waals surface area contributed by atoms with Crippen LogP contribution in [0.4, 0.5) is 0 Å². The first-order chi connectivity index (χ1) is 8.56. The number of thiocarbonyl (C=S) groups is 1. The molecule has 0 aliphatic heterocycles. The molecule has 18 heavy (non-hydrogen) atoms. The van der Waals surface area contributed by atoms with Crippen LogP contribution in [0.2, 0.25) is 10.0 Å². The highest BCUT2D eigenvalue weighted by atomic mass is 35.5. The summed E-state index contributed by atoms with van der Waals surface area (Å²) in [7, 11) is 0. The van der Waals surface area contributed by atoms with Crippen LogP contribution in [0.25, 0.3) is 0 Å². The van der Waals surface area contributed by atoms with Gasteiger partial charge in [0, 0.05) is 10.0 Å². The summed E-state index contributed by atoms with van der Waals surface area (Å²) < 4.78 is 5.70. The summed E-state index contributed by atoms with van der Waals surface area (Å²) in [5.41, 5.74) is 6.24. The maximum Gasteiger partial charge on any atom is 0.137 e. The molecule has 0 saturated heterocycles. The van der Waals surface area contributed by atoms with Crippen LogP contribution in [0.15, 0.2) is 42.5 Å². The summed E-state index contributed by atoms with van der Waals surface area (Å²) in [4.78, 5) is 0.237. The summed E-state index contributed by atoms with van der Waals surface area (Å²) in [5.74, 6) is 1.22. The van der Waals surface area contributed by atoms with Crippen molar-refractivity contribution in [2.24, 2.45) is 5.73 Å². The van der Waals surface area contributed by atoms with E-state index < -0.39 is 0 Å². The van der Waals surface area contributed by atoms with Crippen molar-refractivity contribution in [1.29, 1.82) is 0 Å². The van der Waals surface area contributed by atoms with E-state index in [0.717, 1.165) is 0 Å². The first-order valence-electron chi connectivity index (χ1n) is 5.09. The van der Waals surface area contributed by atoms with E-state index in [1.54, 1.807) is 42.5 Å². The average molecular weight is 298 g/mol. The molecular formula is C13H9Cl2NOS. The maximum atomic E-state index is 5.90. The van der Waals surface area contributed by atoms with E-state index in [1.165, 1.54) is 0 Å². The predicted molar refractivity (Wildman–Crippen MR) is 78.9 cm³/mol. The van der Waals surface area contributed by atoms with Crippen molar-refractivity contribution >= 4 is 40.4 Å². The third kappa shape index (κ3) is 3.13. The van der Waals surface area contributed by atoms with Crippen molar-refractivity contribution in [3.8, 4) is 11.5 Å². The number of hydrogen-bond donors (Lipinski definition) is 1. The normalized spacial score (nSPS) is 10.1. The molecule has 2 N–H and O–H groups in total. The third-order valence-corrected chi connectivity index (χ3v) is 2.96. The molecular weight excluding hydrogens is 289 g/mol. The topological polar surface area (TPSA) is 35.2 Å². The van der Waals surface area contributed by atoms with Gasteiger partial charge in [0.15, 0.2) is 0 Å². The third-order valence-electron chi connectivity index (χ3n) is 2.25. The number of hydrogen-bond acceptors (Lipinski definition) is 2. The fourth-order valence-electron chi connectivity index (χ4n) is 1.41. The lowest BCUT2D eigenvalue weighted by Crippen LogP contribution is -2.10. The van der Waals surface area contributed by atoms with Gasteiger partial charge in [-0.3, -0.25) is 0 Å². The van der Waals surface area contributed by atoms with Crippen LogP contribution >= 0.6 is 35.4 Å². The summed E-state index contributed by atoms with van der Waals surface area (Å²) in [6.07, 6.45) is 0. The van der Waals surface area contributed by atoms with Crippen molar-refractivity contribution in [2.75, 3.05) is 0 Å². The van der Waals surface area contributed by atoms with Gasteiger partial charge in [0.2, 0.25) is 0 Å². The Morgan fingerprint density at radius 1 is 1.00 bits per heavy atom. The lowest BCUT2D eigenvalue weighted by atomic mass is 10.2. The van der Waals surface area contributed by atoms with E-state index >= 15 is 0 Å². The Hall–Kier alpha value is -1.29. The maximum absolute atomic E-state index is 5.90. The number of ether oxygens (including phenoxy) is 1. The molecule has 0 aromatic heterocycles. The molecule has 0 spiro atoms. The van der Waals surface area contributed by atoms with Crippen LogP contribution in [0.5, 0.6) is 11.5 Å². The number of nitrogens with two attached hydrogens (primary N) is 1. The molecule has 0 atom stereocenters. The van der Waals surface area contributed by atoms with E-state index in [4.69, 9.17) is 45.9 Å². The summed E-state index contributed by atoms with van der Waals surface area (Å²) >= 11 is 16.7. The Labute approximate surface area is 120 Å². The minimum absolute atomic E-state index is 0.237. The zero-order valence-corrected chi connectivity index (χ0v) is 11.5. The van der Waals surface area contributed by atoms with Gasteiger partial charge in [0.1, 0.15) is 16.5 Å². The molecule has 0 unspecified atom stereocenters. The van der Waals surface area contributed by atoms with E-state index in [1.807, 2.05) is 0 Å². The molecule has 0 fully saturated rings. The van der Waals surface area contributed by atoms with Gasteiger partial charge < -0.3 is 10.5 Å².